The molecule has 1 heterocycles. The highest BCUT2D eigenvalue weighted by molar-refractivity contribution is 7.19. The molecule has 350 valence electrons. The molecule has 0 aliphatic heterocycles. The molecule has 0 amide bonds. The molecule has 0 spiro atoms. The molecule has 12 aromatic rings. The molecular formula is C69H50N4Si. The molecular weight excluding hydrogens is 913 g/mol. The van der Waals surface area contributed by atoms with Gasteiger partial charge in [-0.3, -0.25) is 0 Å². The van der Waals surface area contributed by atoms with Gasteiger partial charge in [0.05, 0.1) is 0 Å². The lowest BCUT2D eigenvalue weighted by Gasteiger charge is -2.34. The molecule has 5 heteroatoms. The molecule has 0 aliphatic carbocycles. The fraction of sp³-hybridized carbons (Fsp3) is 0. The Kier molecular flexibility index (Phi) is 12.7. The topological polar surface area (TPSA) is 41.9 Å². The highest BCUT2D eigenvalue weighted by Crippen LogP contribution is 2.38. The van der Waals surface area contributed by atoms with E-state index in [2.05, 4.69) is 248 Å². The third kappa shape index (κ3) is 9.16. The minimum Gasteiger partial charge on any atom is -0.311 e. The van der Waals surface area contributed by atoms with E-state index in [0.717, 1.165) is 44.9 Å². The van der Waals surface area contributed by atoms with Crippen LogP contribution < -0.4 is 25.6 Å². The van der Waals surface area contributed by atoms with Crippen LogP contribution in [0.4, 0.5) is 17.1 Å². The molecule has 4 nitrogen and oxygen atoms in total. The van der Waals surface area contributed by atoms with Gasteiger partial charge in [0.25, 0.3) is 0 Å². The van der Waals surface area contributed by atoms with Gasteiger partial charge >= 0.3 is 0 Å². The van der Waals surface area contributed by atoms with Gasteiger partial charge in [0.2, 0.25) is 0 Å². The summed E-state index contributed by atoms with van der Waals surface area (Å²) in [4.78, 5) is 17.4. The second-order valence-corrected chi connectivity index (χ2v) is 22.2. The predicted molar refractivity (Wildman–Crippen MR) is 311 cm³/mol. The molecule has 0 radical (unpaired) electrons. The third-order valence-corrected chi connectivity index (χ3v) is 18.7. The molecule has 11 aromatic carbocycles. The van der Waals surface area contributed by atoms with Crippen molar-refractivity contribution in [2.45, 2.75) is 0 Å². The van der Waals surface area contributed by atoms with Gasteiger partial charge in [-0.25, -0.2) is 15.0 Å². The Morgan fingerprint density at radius 2 is 0.392 bits per heavy atom. The van der Waals surface area contributed by atoms with Crippen LogP contribution in [-0.4, -0.2) is 23.0 Å². The van der Waals surface area contributed by atoms with Crippen LogP contribution in [0, 0.1) is 0 Å². The van der Waals surface area contributed by atoms with Crippen molar-refractivity contribution in [2.75, 3.05) is 4.90 Å². The minimum atomic E-state index is -2.89. The molecule has 74 heavy (non-hydrogen) atoms. The zero-order valence-corrected chi connectivity index (χ0v) is 41.7. The smallest absolute Gasteiger partial charge is 0.179 e. The molecule has 0 aliphatic rings. The molecule has 0 atom stereocenters. The average Bonchev–Trinajstić information content (AvgIpc) is 3.50. The van der Waals surface area contributed by atoms with Crippen LogP contribution in [0.15, 0.2) is 303 Å². The highest BCUT2D eigenvalue weighted by Gasteiger charge is 2.41. The van der Waals surface area contributed by atoms with Crippen LogP contribution in [0.1, 0.15) is 0 Å². The summed E-state index contributed by atoms with van der Waals surface area (Å²) in [6.45, 7) is 0. The van der Waals surface area contributed by atoms with E-state index in [0.29, 0.717) is 17.5 Å². The van der Waals surface area contributed by atoms with Gasteiger partial charge in [0.15, 0.2) is 25.5 Å². The van der Waals surface area contributed by atoms with Crippen molar-refractivity contribution >= 4 is 45.9 Å². The van der Waals surface area contributed by atoms with E-state index < -0.39 is 8.07 Å². The summed E-state index contributed by atoms with van der Waals surface area (Å²) in [5.74, 6) is 1.92. The van der Waals surface area contributed by atoms with E-state index in [1.165, 1.54) is 43.0 Å². The van der Waals surface area contributed by atoms with E-state index >= 15 is 0 Å². The standard InChI is InChI=1S/C69H50N4Si/c1-7-19-51(20-8-1)53-31-41-60(42-32-53)73(61-43-33-54(34-44-61)52-21-9-2-10-22-52)62-45-35-55(36-46-62)56-37-47-65(48-38-56)74(63-27-15-5-16-28-63,64-29-17-6-18-30-64)66-49-39-59(40-50-66)69-71-67(57-23-11-3-12-24-57)70-68(72-69)58-25-13-4-14-26-58/h1-50H. The van der Waals surface area contributed by atoms with Crippen LogP contribution in [-0.2, 0) is 0 Å². The number of benzene rings is 11. The summed E-state index contributed by atoms with van der Waals surface area (Å²) in [6.07, 6.45) is 0. The maximum absolute atomic E-state index is 5.06. The predicted octanol–water partition coefficient (Wildman–Crippen LogP) is 14.7. The van der Waals surface area contributed by atoms with Crippen LogP contribution in [0.3, 0.4) is 0 Å². The average molecular weight is 963 g/mol. The molecule has 0 fully saturated rings. The van der Waals surface area contributed by atoms with E-state index in [1.807, 2.05) is 60.7 Å². The zero-order chi connectivity index (χ0) is 49.5. The number of aromatic nitrogens is 3. The fourth-order valence-corrected chi connectivity index (χ4v) is 14.9. The zero-order valence-electron chi connectivity index (χ0n) is 40.7. The Morgan fingerprint density at radius 1 is 0.189 bits per heavy atom. The number of nitrogens with zero attached hydrogens (tertiary/aromatic N) is 4. The molecule has 0 unspecified atom stereocenters. The molecule has 0 bridgehead atoms. The maximum Gasteiger partial charge on any atom is 0.179 e. The van der Waals surface area contributed by atoms with Gasteiger partial charge in [-0.15, -0.1) is 0 Å². The lowest BCUT2D eigenvalue weighted by atomic mass is 10.0. The van der Waals surface area contributed by atoms with Gasteiger partial charge < -0.3 is 4.90 Å². The van der Waals surface area contributed by atoms with Crippen LogP contribution >= 0.6 is 0 Å². The second-order valence-electron chi connectivity index (χ2n) is 18.4. The fourth-order valence-electron chi connectivity index (χ4n) is 10.2. The van der Waals surface area contributed by atoms with Crippen molar-refractivity contribution in [2.24, 2.45) is 0 Å². The Labute approximate surface area is 434 Å². The van der Waals surface area contributed by atoms with Crippen molar-refractivity contribution in [3.05, 3.63) is 303 Å². The Bertz CT molecular complexity index is 3570. The van der Waals surface area contributed by atoms with Crippen molar-refractivity contribution in [1.82, 2.24) is 15.0 Å². The van der Waals surface area contributed by atoms with Gasteiger partial charge in [-0.2, -0.15) is 0 Å². The first-order valence-electron chi connectivity index (χ1n) is 25.1. The van der Waals surface area contributed by atoms with Gasteiger partial charge in [0, 0.05) is 33.8 Å². The third-order valence-electron chi connectivity index (χ3n) is 13.9. The summed E-state index contributed by atoms with van der Waals surface area (Å²) in [6, 6.07) is 109. The quantitative estimate of drug-likeness (QED) is 0.0853. The number of hydrogen-bond acceptors (Lipinski definition) is 4. The van der Waals surface area contributed by atoms with E-state index in [9.17, 15) is 0 Å². The van der Waals surface area contributed by atoms with Crippen LogP contribution in [0.2, 0.25) is 0 Å². The molecule has 1 aromatic heterocycles. The monoisotopic (exact) mass is 962 g/mol. The van der Waals surface area contributed by atoms with E-state index in [1.54, 1.807) is 0 Å². The summed E-state index contributed by atoms with van der Waals surface area (Å²) in [5.41, 5.74) is 13.2. The van der Waals surface area contributed by atoms with Crippen LogP contribution in [0.25, 0.3) is 67.5 Å². The van der Waals surface area contributed by atoms with Crippen LogP contribution in [0.5, 0.6) is 0 Å². The van der Waals surface area contributed by atoms with E-state index in [-0.39, 0.29) is 0 Å². The Hall–Kier alpha value is -9.55. The second kappa shape index (κ2) is 20.7. The maximum atomic E-state index is 5.06. The van der Waals surface area contributed by atoms with E-state index in [4.69, 9.17) is 15.0 Å². The molecule has 12 rings (SSSR count). The summed E-state index contributed by atoms with van der Waals surface area (Å²) in [5, 5.41) is 5.18. The Balaban J connectivity index is 0.908. The first kappa shape index (κ1) is 45.6. The number of rotatable bonds is 13. The SMILES string of the molecule is c1ccc(-c2ccc(N(c3ccc(-c4ccccc4)cc3)c3ccc(-c4ccc([Si](c5ccccc5)(c5ccccc5)c5ccc(-c6nc(-c7ccccc7)nc(-c7ccccc7)n6)cc5)cc4)cc3)cc2)cc1. The largest absolute Gasteiger partial charge is 0.311 e. The normalized spacial score (nSPS) is 11.2. The van der Waals surface area contributed by atoms with Gasteiger partial charge in [0.1, 0.15) is 0 Å². The lowest BCUT2D eigenvalue weighted by Crippen LogP contribution is -2.74. The van der Waals surface area contributed by atoms with Crippen molar-refractivity contribution in [1.29, 1.82) is 0 Å². The van der Waals surface area contributed by atoms with Gasteiger partial charge in [-0.05, 0) is 90.5 Å². The highest BCUT2D eigenvalue weighted by atomic mass is 28.3. The lowest BCUT2D eigenvalue weighted by molar-refractivity contribution is 1.07. The van der Waals surface area contributed by atoms with Crippen molar-refractivity contribution in [3.8, 4) is 67.5 Å². The molecule has 0 saturated heterocycles. The summed E-state index contributed by atoms with van der Waals surface area (Å²) >= 11 is 0. The van der Waals surface area contributed by atoms with Crippen molar-refractivity contribution < 1.29 is 0 Å². The summed E-state index contributed by atoms with van der Waals surface area (Å²) < 4.78 is 0. The first-order valence-corrected chi connectivity index (χ1v) is 27.1. The number of anilines is 3. The molecule has 0 N–H and O–H groups in total. The number of hydrogen-bond donors (Lipinski definition) is 0. The molecule has 0 saturated carbocycles. The minimum absolute atomic E-state index is 0.636. The Morgan fingerprint density at radius 3 is 0.689 bits per heavy atom. The van der Waals surface area contributed by atoms with Crippen molar-refractivity contribution in [3.63, 3.8) is 0 Å². The summed E-state index contributed by atoms with van der Waals surface area (Å²) in [7, 11) is -2.89. The first-order chi connectivity index (χ1) is 36.7. The van der Waals surface area contributed by atoms with Gasteiger partial charge in [-0.1, -0.05) is 267 Å².